The van der Waals surface area contributed by atoms with Gasteiger partial charge < -0.3 is 14.7 Å². The van der Waals surface area contributed by atoms with E-state index >= 15 is 0 Å². The Labute approximate surface area is 94.4 Å². The maximum absolute atomic E-state index is 10.8. The average molecular weight is 221 g/mol. The molecule has 1 aliphatic rings. The molecule has 1 saturated heterocycles. The van der Waals surface area contributed by atoms with Gasteiger partial charge in [0.2, 0.25) is 0 Å². The van der Waals surface area contributed by atoms with Gasteiger partial charge in [-0.15, -0.1) is 0 Å². The van der Waals surface area contributed by atoms with E-state index in [4.69, 9.17) is 9.84 Å². The first-order valence-corrected chi connectivity index (χ1v) is 5.29. The number of carboxylic acids is 1. The minimum atomic E-state index is -0.812. The highest BCUT2D eigenvalue weighted by molar-refractivity contribution is 5.74. The number of hydrogen-bond acceptors (Lipinski definition) is 3. The molecule has 4 heteroatoms. The lowest BCUT2D eigenvalue weighted by atomic mass is 10.1. The van der Waals surface area contributed by atoms with Crippen molar-refractivity contribution in [2.75, 3.05) is 24.7 Å². The molecule has 0 spiro atoms. The van der Waals surface area contributed by atoms with Gasteiger partial charge in [0.05, 0.1) is 19.3 Å². The summed E-state index contributed by atoms with van der Waals surface area (Å²) in [7, 11) is 0. The predicted octanol–water partition coefficient (Wildman–Crippen LogP) is 1.28. The molecular weight excluding hydrogens is 206 g/mol. The summed E-state index contributed by atoms with van der Waals surface area (Å²) in [5, 5.41) is 8.90. The molecule has 1 N–H and O–H groups in total. The Bertz CT molecular complexity index is 388. The van der Waals surface area contributed by atoms with Crippen LogP contribution in [0, 0.1) is 6.92 Å². The van der Waals surface area contributed by atoms with Crippen molar-refractivity contribution in [1.82, 2.24) is 0 Å². The summed E-state index contributed by atoms with van der Waals surface area (Å²) in [6, 6.07) is 8.08. The molecule has 1 aliphatic heterocycles. The molecule has 0 bridgehead atoms. The third kappa shape index (κ3) is 2.33. The lowest BCUT2D eigenvalue weighted by molar-refractivity contribution is -0.135. The van der Waals surface area contributed by atoms with Crippen LogP contribution in [0.5, 0.6) is 0 Å². The zero-order valence-corrected chi connectivity index (χ0v) is 9.22. The van der Waals surface area contributed by atoms with Crippen molar-refractivity contribution in [1.29, 1.82) is 0 Å². The van der Waals surface area contributed by atoms with Gasteiger partial charge in [-0.2, -0.15) is 0 Å². The molecular formula is C12H15NO3. The summed E-state index contributed by atoms with van der Waals surface area (Å²) < 4.78 is 5.11. The molecule has 0 aromatic heterocycles. The van der Waals surface area contributed by atoms with E-state index in [1.807, 2.05) is 36.1 Å². The number of carboxylic acid groups (broad SMARTS) is 1. The van der Waals surface area contributed by atoms with Gasteiger partial charge in [-0.25, -0.2) is 0 Å². The third-order valence-electron chi connectivity index (χ3n) is 2.70. The molecule has 0 saturated carbocycles. The maximum Gasteiger partial charge on any atom is 0.323 e. The first kappa shape index (κ1) is 11.0. The molecule has 0 atom stereocenters. The molecule has 2 rings (SSSR count). The second-order valence-electron chi connectivity index (χ2n) is 4.05. The van der Waals surface area contributed by atoms with Crippen molar-refractivity contribution in [3.05, 3.63) is 29.8 Å². The van der Waals surface area contributed by atoms with Gasteiger partial charge in [-0.05, 0) is 24.6 Å². The van der Waals surface area contributed by atoms with E-state index in [9.17, 15) is 4.79 Å². The highest BCUT2D eigenvalue weighted by atomic mass is 16.5. The molecule has 0 aliphatic carbocycles. The van der Waals surface area contributed by atoms with E-state index in [0.717, 1.165) is 11.3 Å². The summed E-state index contributed by atoms with van der Waals surface area (Å²) in [4.78, 5) is 12.7. The molecule has 1 heterocycles. The average Bonchev–Trinajstić information content (AvgIpc) is 2.13. The Morgan fingerprint density at radius 2 is 2.31 bits per heavy atom. The Morgan fingerprint density at radius 1 is 1.56 bits per heavy atom. The number of rotatable bonds is 4. The Kier molecular flexibility index (Phi) is 3.10. The zero-order valence-electron chi connectivity index (χ0n) is 9.22. The van der Waals surface area contributed by atoms with E-state index in [-0.39, 0.29) is 12.6 Å². The van der Waals surface area contributed by atoms with Gasteiger partial charge in [0, 0.05) is 5.69 Å². The molecule has 1 aromatic carbocycles. The topological polar surface area (TPSA) is 49.8 Å². The van der Waals surface area contributed by atoms with Crippen LogP contribution in [-0.4, -0.2) is 36.9 Å². The van der Waals surface area contributed by atoms with Crippen LogP contribution in [-0.2, 0) is 9.53 Å². The Hall–Kier alpha value is -1.55. The predicted molar refractivity (Wildman–Crippen MR) is 60.8 cm³/mol. The molecule has 1 aromatic rings. The lowest BCUT2D eigenvalue weighted by Crippen LogP contribution is -2.51. The van der Waals surface area contributed by atoms with Crippen LogP contribution >= 0.6 is 0 Å². The number of hydrogen-bond donors (Lipinski definition) is 1. The van der Waals surface area contributed by atoms with E-state index in [1.54, 1.807) is 0 Å². The molecule has 86 valence electrons. The van der Waals surface area contributed by atoms with Gasteiger partial charge >= 0.3 is 5.97 Å². The summed E-state index contributed by atoms with van der Waals surface area (Å²) in [5.74, 6) is -0.812. The normalized spacial score (nSPS) is 15.6. The standard InChI is InChI=1S/C12H15NO3/c1-9-3-2-4-10(5-9)13(6-12(14)15)11-7-16-8-11/h2-5,11H,6-8H2,1H3,(H,14,15). The van der Waals surface area contributed by atoms with Crippen LogP contribution in [0.4, 0.5) is 5.69 Å². The molecule has 16 heavy (non-hydrogen) atoms. The molecule has 0 unspecified atom stereocenters. The smallest absolute Gasteiger partial charge is 0.323 e. The minimum absolute atomic E-state index is 0.0253. The molecule has 0 radical (unpaired) electrons. The Balaban J connectivity index is 2.19. The van der Waals surface area contributed by atoms with Crippen LogP contribution in [0.3, 0.4) is 0 Å². The fraction of sp³-hybridized carbons (Fsp3) is 0.417. The minimum Gasteiger partial charge on any atom is -0.480 e. The number of aryl methyl sites for hydroxylation is 1. The van der Waals surface area contributed by atoms with Gasteiger partial charge in [0.1, 0.15) is 6.54 Å². The maximum atomic E-state index is 10.8. The second-order valence-corrected chi connectivity index (χ2v) is 4.05. The monoisotopic (exact) mass is 221 g/mol. The number of aliphatic carboxylic acids is 1. The highest BCUT2D eigenvalue weighted by Crippen LogP contribution is 2.21. The quantitative estimate of drug-likeness (QED) is 0.832. The number of anilines is 1. The van der Waals surface area contributed by atoms with E-state index in [1.165, 1.54) is 0 Å². The summed E-state index contributed by atoms with van der Waals surface area (Å²) in [6.45, 7) is 3.25. The summed E-state index contributed by atoms with van der Waals surface area (Å²) >= 11 is 0. The van der Waals surface area contributed by atoms with Gasteiger partial charge in [-0.3, -0.25) is 4.79 Å². The van der Waals surface area contributed by atoms with Crippen molar-refractivity contribution >= 4 is 11.7 Å². The van der Waals surface area contributed by atoms with Crippen LogP contribution < -0.4 is 4.90 Å². The number of benzene rings is 1. The Morgan fingerprint density at radius 3 is 2.81 bits per heavy atom. The van der Waals surface area contributed by atoms with Crippen molar-refractivity contribution < 1.29 is 14.6 Å². The lowest BCUT2D eigenvalue weighted by Gasteiger charge is -2.38. The van der Waals surface area contributed by atoms with Gasteiger partial charge in [0.15, 0.2) is 0 Å². The van der Waals surface area contributed by atoms with Crippen LogP contribution in [0.2, 0.25) is 0 Å². The molecule has 0 amide bonds. The van der Waals surface area contributed by atoms with Gasteiger partial charge in [0.25, 0.3) is 0 Å². The van der Waals surface area contributed by atoms with E-state index in [2.05, 4.69) is 0 Å². The number of carbonyl (C=O) groups is 1. The fourth-order valence-corrected chi connectivity index (χ4v) is 1.79. The largest absolute Gasteiger partial charge is 0.480 e. The van der Waals surface area contributed by atoms with Crippen molar-refractivity contribution in [2.24, 2.45) is 0 Å². The van der Waals surface area contributed by atoms with Crippen LogP contribution in [0.15, 0.2) is 24.3 Å². The number of ether oxygens (including phenoxy) is 1. The zero-order chi connectivity index (χ0) is 11.5. The van der Waals surface area contributed by atoms with Crippen molar-refractivity contribution in [3.8, 4) is 0 Å². The van der Waals surface area contributed by atoms with Crippen molar-refractivity contribution in [3.63, 3.8) is 0 Å². The van der Waals surface area contributed by atoms with Crippen molar-refractivity contribution in [2.45, 2.75) is 13.0 Å². The van der Waals surface area contributed by atoms with E-state index in [0.29, 0.717) is 13.2 Å². The van der Waals surface area contributed by atoms with E-state index < -0.39 is 5.97 Å². The molecule has 4 nitrogen and oxygen atoms in total. The SMILES string of the molecule is Cc1cccc(N(CC(=O)O)C2COC2)c1. The highest BCUT2D eigenvalue weighted by Gasteiger charge is 2.27. The van der Waals surface area contributed by atoms with Crippen LogP contribution in [0.1, 0.15) is 5.56 Å². The number of nitrogens with zero attached hydrogens (tertiary/aromatic N) is 1. The second kappa shape index (κ2) is 4.53. The van der Waals surface area contributed by atoms with Crippen LogP contribution in [0.25, 0.3) is 0 Å². The summed E-state index contributed by atoms with van der Waals surface area (Å²) in [5.41, 5.74) is 2.09. The first-order chi connectivity index (χ1) is 7.66. The first-order valence-electron chi connectivity index (χ1n) is 5.29. The third-order valence-corrected chi connectivity index (χ3v) is 2.70. The summed E-state index contributed by atoms with van der Waals surface area (Å²) in [6.07, 6.45) is 0. The van der Waals surface area contributed by atoms with Gasteiger partial charge in [-0.1, -0.05) is 12.1 Å². The molecule has 1 fully saturated rings. The fourth-order valence-electron chi connectivity index (χ4n) is 1.79.